The molecule has 110 valence electrons. The van der Waals surface area contributed by atoms with E-state index in [0.717, 1.165) is 17.1 Å². The minimum Gasteiger partial charge on any atom is -0.481 e. The van der Waals surface area contributed by atoms with Crippen molar-refractivity contribution < 1.29 is 4.74 Å². The Balaban J connectivity index is 1.91. The van der Waals surface area contributed by atoms with Crippen molar-refractivity contribution >= 4 is 17.3 Å². The zero-order valence-corrected chi connectivity index (χ0v) is 13.2. The highest BCUT2D eigenvalue weighted by Crippen LogP contribution is 2.47. The summed E-state index contributed by atoms with van der Waals surface area (Å²) in [7, 11) is 1.62. The van der Waals surface area contributed by atoms with Gasteiger partial charge in [0, 0.05) is 11.1 Å². The average Bonchev–Trinajstić information content (AvgIpc) is 2.71. The van der Waals surface area contributed by atoms with E-state index in [0.29, 0.717) is 5.88 Å². The predicted molar refractivity (Wildman–Crippen MR) is 86.1 cm³/mol. The molecule has 1 atom stereocenters. The topological polar surface area (TPSA) is 34.1 Å². The maximum absolute atomic E-state index is 6.17. The van der Waals surface area contributed by atoms with Crippen molar-refractivity contribution in [1.29, 1.82) is 0 Å². The van der Waals surface area contributed by atoms with E-state index in [9.17, 15) is 0 Å². The number of anilines is 1. The number of methoxy groups -OCH3 is 1. The molecule has 4 heteroatoms. The Labute approximate surface area is 130 Å². The molecule has 0 fully saturated rings. The van der Waals surface area contributed by atoms with E-state index in [2.05, 4.69) is 36.3 Å². The molecular weight excluding hydrogens is 284 g/mol. The maximum atomic E-state index is 6.17. The first-order valence-electron chi connectivity index (χ1n) is 7.04. The van der Waals surface area contributed by atoms with Gasteiger partial charge in [0.15, 0.2) is 0 Å². The lowest BCUT2D eigenvalue weighted by Crippen LogP contribution is -2.24. The summed E-state index contributed by atoms with van der Waals surface area (Å²) in [6.45, 7) is 4.55. The van der Waals surface area contributed by atoms with Gasteiger partial charge in [-0.1, -0.05) is 31.5 Å². The van der Waals surface area contributed by atoms with E-state index < -0.39 is 0 Å². The van der Waals surface area contributed by atoms with Crippen LogP contribution in [0.1, 0.15) is 31.0 Å². The Morgan fingerprint density at radius 1 is 1.29 bits per heavy atom. The Kier molecular flexibility index (Phi) is 3.54. The van der Waals surface area contributed by atoms with Gasteiger partial charge < -0.3 is 10.1 Å². The van der Waals surface area contributed by atoms with Gasteiger partial charge >= 0.3 is 0 Å². The van der Waals surface area contributed by atoms with E-state index in [1.807, 2.05) is 18.2 Å². The van der Waals surface area contributed by atoms with Crippen LogP contribution in [0.15, 0.2) is 36.5 Å². The molecule has 1 aromatic carbocycles. The van der Waals surface area contributed by atoms with Gasteiger partial charge in [0.25, 0.3) is 0 Å². The summed E-state index contributed by atoms with van der Waals surface area (Å²) in [5.74, 6) is 0.620. The second-order valence-corrected chi connectivity index (χ2v) is 6.61. The third-order valence-corrected chi connectivity index (χ3v) is 4.34. The average molecular weight is 303 g/mol. The summed E-state index contributed by atoms with van der Waals surface area (Å²) in [4.78, 5) is 4.25. The number of nitrogens with one attached hydrogen (secondary N) is 1. The first kappa shape index (κ1) is 14.2. The van der Waals surface area contributed by atoms with Crippen molar-refractivity contribution in [2.24, 2.45) is 5.41 Å². The van der Waals surface area contributed by atoms with Crippen molar-refractivity contribution in [3.63, 3.8) is 0 Å². The minimum atomic E-state index is 0.132. The highest BCUT2D eigenvalue weighted by molar-refractivity contribution is 6.30. The minimum absolute atomic E-state index is 0.132. The lowest BCUT2D eigenvalue weighted by molar-refractivity contribution is 0.337. The molecule has 1 unspecified atom stereocenters. The van der Waals surface area contributed by atoms with Gasteiger partial charge in [-0.3, -0.25) is 0 Å². The zero-order chi connectivity index (χ0) is 15.0. The van der Waals surface area contributed by atoms with Crippen LogP contribution in [0.3, 0.4) is 0 Å². The van der Waals surface area contributed by atoms with Crippen LogP contribution in [0.4, 0.5) is 5.69 Å². The van der Waals surface area contributed by atoms with E-state index >= 15 is 0 Å². The fourth-order valence-electron chi connectivity index (χ4n) is 3.04. The summed E-state index contributed by atoms with van der Waals surface area (Å²) < 4.78 is 5.10. The van der Waals surface area contributed by atoms with Gasteiger partial charge in [0.1, 0.15) is 0 Å². The fraction of sp³-hybridized carbons (Fsp3) is 0.353. The predicted octanol–water partition coefficient (Wildman–Crippen LogP) is 4.48. The maximum Gasteiger partial charge on any atom is 0.213 e. The van der Waals surface area contributed by atoms with Crippen molar-refractivity contribution in [1.82, 2.24) is 4.98 Å². The molecule has 1 heterocycles. The molecule has 0 aliphatic heterocycles. The molecule has 0 saturated carbocycles. The van der Waals surface area contributed by atoms with Crippen molar-refractivity contribution in [2.75, 3.05) is 12.4 Å². The SMILES string of the molecule is COc1ccc(NC2c3cc(Cl)ccc3CC2(C)C)cn1. The highest BCUT2D eigenvalue weighted by atomic mass is 35.5. The second kappa shape index (κ2) is 5.23. The van der Waals surface area contributed by atoms with Crippen LogP contribution >= 0.6 is 11.6 Å². The lowest BCUT2D eigenvalue weighted by atomic mass is 9.85. The van der Waals surface area contributed by atoms with Gasteiger partial charge in [-0.05, 0) is 41.2 Å². The number of aromatic nitrogens is 1. The van der Waals surface area contributed by atoms with Crippen LogP contribution in [0.2, 0.25) is 5.02 Å². The number of fused-ring (bicyclic) bond motifs is 1. The molecule has 1 aromatic heterocycles. The van der Waals surface area contributed by atoms with Gasteiger partial charge in [-0.15, -0.1) is 0 Å². The molecule has 0 amide bonds. The van der Waals surface area contributed by atoms with Gasteiger partial charge in [-0.25, -0.2) is 4.98 Å². The number of hydrogen-bond acceptors (Lipinski definition) is 3. The van der Waals surface area contributed by atoms with Crippen LogP contribution < -0.4 is 10.1 Å². The summed E-state index contributed by atoms with van der Waals surface area (Å²) in [5.41, 5.74) is 3.76. The normalized spacial score (nSPS) is 19.1. The Hall–Kier alpha value is -1.74. The van der Waals surface area contributed by atoms with Crippen molar-refractivity contribution in [3.05, 3.63) is 52.7 Å². The summed E-state index contributed by atoms with van der Waals surface area (Å²) in [6, 6.07) is 10.2. The van der Waals surface area contributed by atoms with E-state index in [-0.39, 0.29) is 11.5 Å². The molecule has 0 radical (unpaired) electrons. The Morgan fingerprint density at radius 3 is 2.76 bits per heavy atom. The second-order valence-electron chi connectivity index (χ2n) is 6.18. The summed E-state index contributed by atoms with van der Waals surface area (Å²) in [6.07, 6.45) is 2.85. The number of hydrogen-bond donors (Lipinski definition) is 1. The molecule has 0 saturated heterocycles. The first-order valence-corrected chi connectivity index (χ1v) is 7.42. The van der Waals surface area contributed by atoms with E-state index in [1.54, 1.807) is 13.3 Å². The number of benzene rings is 1. The number of halogens is 1. The molecule has 3 rings (SSSR count). The molecule has 0 bridgehead atoms. The molecule has 2 aromatic rings. The molecule has 1 N–H and O–H groups in total. The lowest BCUT2D eigenvalue weighted by Gasteiger charge is -2.29. The van der Waals surface area contributed by atoms with Crippen LogP contribution in [-0.2, 0) is 6.42 Å². The Morgan fingerprint density at radius 2 is 2.10 bits per heavy atom. The highest BCUT2D eigenvalue weighted by Gasteiger charge is 2.39. The zero-order valence-electron chi connectivity index (χ0n) is 12.5. The number of nitrogens with zero attached hydrogens (tertiary/aromatic N) is 1. The third-order valence-electron chi connectivity index (χ3n) is 4.10. The van der Waals surface area contributed by atoms with Gasteiger partial charge in [-0.2, -0.15) is 0 Å². The van der Waals surface area contributed by atoms with Gasteiger partial charge in [0.05, 0.1) is 25.0 Å². The first-order chi connectivity index (χ1) is 9.99. The smallest absolute Gasteiger partial charge is 0.213 e. The molecule has 1 aliphatic carbocycles. The number of pyridine rings is 1. The number of ether oxygens (including phenoxy) is 1. The van der Waals surface area contributed by atoms with E-state index in [4.69, 9.17) is 16.3 Å². The fourth-order valence-corrected chi connectivity index (χ4v) is 3.22. The van der Waals surface area contributed by atoms with Crippen molar-refractivity contribution in [2.45, 2.75) is 26.3 Å². The molecule has 21 heavy (non-hydrogen) atoms. The molecule has 3 nitrogen and oxygen atoms in total. The van der Waals surface area contributed by atoms with Crippen LogP contribution in [0.25, 0.3) is 0 Å². The van der Waals surface area contributed by atoms with Crippen LogP contribution in [0, 0.1) is 5.41 Å². The summed E-state index contributed by atoms with van der Waals surface area (Å²) in [5, 5.41) is 4.37. The van der Waals surface area contributed by atoms with Crippen LogP contribution in [-0.4, -0.2) is 12.1 Å². The monoisotopic (exact) mass is 302 g/mol. The van der Waals surface area contributed by atoms with Crippen LogP contribution in [0.5, 0.6) is 5.88 Å². The molecular formula is C17H19ClN2O. The molecule has 0 spiro atoms. The number of rotatable bonds is 3. The summed E-state index contributed by atoms with van der Waals surface area (Å²) >= 11 is 6.17. The quantitative estimate of drug-likeness (QED) is 0.907. The standard InChI is InChI=1S/C17H19ClN2O/c1-17(2)9-11-4-5-12(18)8-14(11)16(17)20-13-6-7-15(21-3)19-10-13/h4-8,10,16,20H,9H2,1-3H3. The largest absolute Gasteiger partial charge is 0.481 e. The third kappa shape index (κ3) is 2.70. The Bertz CT molecular complexity index is 652. The van der Waals surface area contributed by atoms with Crippen molar-refractivity contribution in [3.8, 4) is 5.88 Å². The van der Waals surface area contributed by atoms with Gasteiger partial charge in [0.2, 0.25) is 5.88 Å². The molecule has 1 aliphatic rings. The van der Waals surface area contributed by atoms with E-state index in [1.165, 1.54) is 11.1 Å².